The number of ether oxygens (including phenoxy) is 1. The first-order chi connectivity index (χ1) is 10.9. The third-order valence-corrected chi connectivity index (χ3v) is 5.36. The third kappa shape index (κ3) is 2.51. The summed E-state index contributed by atoms with van der Waals surface area (Å²) in [7, 11) is -2.68. The van der Waals surface area contributed by atoms with Crippen LogP contribution in [0.4, 0.5) is 0 Å². The van der Waals surface area contributed by atoms with Gasteiger partial charge in [-0.25, -0.2) is 17.2 Å². The highest BCUT2D eigenvalue weighted by atomic mass is 32.2. The van der Waals surface area contributed by atoms with Crippen molar-refractivity contribution in [2.24, 2.45) is 0 Å². The number of benzene rings is 2. The second kappa shape index (κ2) is 5.55. The summed E-state index contributed by atoms with van der Waals surface area (Å²) in [5.41, 5.74) is 1.37. The maximum absolute atomic E-state index is 13.0. The van der Waals surface area contributed by atoms with Gasteiger partial charge in [0.15, 0.2) is 0 Å². The Morgan fingerprint density at radius 3 is 2.35 bits per heavy atom. The minimum Gasteiger partial charge on any atom is -0.464 e. The van der Waals surface area contributed by atoms with E-state index >= 15 is 0 Å². The zero-order chi connectivity index (χ0) is 16.6. The summed E-state index contributed by atoms with van der Waals surface area (Å²) in [6.45, 7) is 1.88. The largest absolute Gasteiger partial charge is 0.464 e. The fourth-order valence-electron chi connectivity index (χ4n) is 2.45. The second-order valence-corrected chi connectivity index (χ2v) is 6.95. The van der Waals surface area contributed by atoms with Gasteiger partial charge in [-0.05, 0) is 31.2 Å². The molecule has 1 heterocycles. The minimum atomic E-state index is -3.91. The Morgan fingerprint density at radius 1 is 1.04 bits per heavy atom. The molecule has 0 saturated carbocycles. The summed E-state index contributed by atoms with van der Waals surface area (Å²) in [4.78, 5) is 12.1. The summed E-state index contributed by atoms with van der Waals surface area (Å²) < 4.78 is 31.8. The van der Waals surface area contributed by atoms with Gasteiger partial charge in [0.1, 0.15) is 5.69 Å². The molecule has 5 nitrogen and oxygen atoms in total. The Kier molecular flexibility index (Phi) is 3.69. The van der Waals surface area contributed by atoms with Crippen LogP contribution in [0.1, 0.15) is 16.1 Å². The summed E-state index contributed by atoms with van der Waals surface area (Å²) in [6.07, 6.45) is 0. The van der Waals surface area contributed by atoms with Crippen LogP contribution in [0.3, 0.4) is 0 Å². The number of hydrogen-bond donors (Lipinski definition) is 0. The fourth-order valence-corrected chi connectivity index (χ4v) is 3.95. The van der Waals surface area contributed by atoms with Crippen molar-refractivity contribution in [3.63, 3.8) is 0 Å². The van der Waals surface area contributed by atoms with E-state index in [4.69, 9.17) is 4.74 Å². The van der Waals surface area contributed by atoms with Gasteiger partial charge in [-0.3, -0.25) is 0 Å². The molecule has 0 fully saturated rings. The SMILES string of the molecule is COC(=O)c1cc2ccccc2n1S(=O)(=O)c1ccc(C)cc1. The smallest absolute Gasteiger partial charge is 0.355 e. The van der Waals surface area contributed by atoms with Gasteiger partial charge >= 0.3 is 5.97 Å². The van der Waals surface area contributed by atoms with Crippen molar-refractivity contribution in [1.29, 1.82) is 0 Å². The number of carbonyl (C=O) groups excluding carboxylic acids is 1. The van der Waals surface area contributed by atoms with Crippen LogP contribution in [0, 0.1) is 6.92 Å². The molecular formula is C17H15NO4S. The molecular weight excluding hydrogens is 314 g/mol. The monoisotopic (exact) mass is 329 g/mol. The molecule has 0 radical (unpaired) electrons. The maximum atomic E-state index is 13.0. The summed E-state index contributed by atoms with van der Waals surface area (Å²) >= 11 is 0. The average molecular weight is 329 g/mol. The van der Waals surface area contributed by atoms with E-state index in [1.54, 1.807) is 36.4 Å². The molecule has 1 aromatic heterocycles. The molecule has 3 aromatic rings. The molecule has 23 heavy (non-hydrogen) atoms. The third-order valence-electron chi connectivity index (χ3n) is 3.62. The fraction of sp³-hybridized carbons (Fsp3) is 0.118. The Bertz CT molecular complexity index is 985. The summed E-state index contributed by atoms with van der Waals surface area (Å²) in [5.74, 6) is -0.697. The van der Waals surface area contributed by atoms with Crippen molar-refractivity contribution >= 4 is 26.9 Å². The summed E-state index contributed by atoms with van der Waals surface area (Å²) in [6, 6.07) is 14.9. The number of rotatable bonds is 3. The number of methoxy groups -OCH3 is 1. The number of aryl methyl sites for hydroxylation is 1. The van der Waals surface area contributed by atoms with Crippen LogP contribution < -0.4 is 0 Å². The Hall–Kier alpha value is -2.60. The van der Waals surface area contributed by atoms with Crippen molar-refractivity contribution in [1.82, 2.24) is 3.97 Å². The molecule has 3 rings (SSSR count). The number of fused-ring (bicyclic) bond motifs is 1. The Morgan fingerprint density at radius 2 is 1.70 bits per heavy atom. The highest BCUT2D eigenvalue weighted by Gasteiger charge is 2.26. The molecule has 0 aliphatic rings. The highest BCUT2D eigenvalue weighted by Crippen LogP contribution is 2.26. The number of nitrogens with zero attached hydrogens (tertiary/aromatic N) is 1. The average Bonchev–Trinajstić information content (AvgIpc) is 2.94. The first-order valence-electron chi connectivity index (χ1n) is 6.96. The van der Waals surface area contributed by atoms with E-state index in [0.717, 1.165) is 9.54 Å². The van der Waals surface area contributed by atoms with Gasteiger partial charge in [0.2, 0.25) is 0 Å². The maximum Gasteiger partial charge on any atom is 0.355 e. The van der Waals surface area contributed by atoms with Gasteiger partial charge in [-0.15, -0.1) is 0 Å². The van der Waals surface area contributed by atoms with Gasteiger partial charge in [0.25, 0.3) is 10.0 Å². The lowest BCUT2D eigenvalue weighted by atomic mass is 10.2. The van der Waals surface area contributed by atoms with Crippen LogP contribution >= 0.6 is 0 Å². The van der Waals surface area contributed by atoms with Gasteiger partial charge in [-0.2, -0.15) is 0 Å². The molecule has 0 amide bonds. The van der Waals surface area contributed by atoms with Gasteiger partial charge in [0.05, 0.1) is 17.5 Å². The lowest BCUT2D eigenvalue weighted by Gasteiger charge is -2.11. The predicted molar refractivity (Wildman–Crippen MR) is 87.0 cm³/mol. The van der Waals surface area contributed by atoms with E-state index in [1.165, 1.54) is 25.3 Å². The normalized spacial score (nSPS) is 11.6. The van der Waals surface area contributed by atoms with E-state index in [2.05, 4.69) is 0 Å². The van der Waals surface area contributed by atoms with Crippen LogP contribution in [-0.4, -0.2) is 25.5 Å². The van der Waals surface area contributed by atoms with E-state index in [9.17, 15) is 13.2 Å². The van der Waals surface area contributed by atoms with Crippen molar-refractivity contribution < 1.29 is 17.9 Å². The first kappa shape index (κ1) is 15.3. The van der Waals surface area contributed by atoms with Crippen molar-refractivity contribution in [2.75, 3.05) is 7.11 Å². The molecule has 0 aliphatic carbocycles. The topological polar surface area (TPSA) is 65.4 Å². The van der Waals surface area contributed by atoms with E-state index in [1.807, 2.05) is 6.92 Å². The van der Waals surface area contributed by atoms with Crippen LogP contribution in [0.5, 0.6) is 0 Å². The van der Waals surface area contributed by atoms with Crippen molar-refractivity contribution in [3.05, 3.63) is 65.9 Å². The van der Waals surface area contributed by atoms with E-state index < -0.39 is 16.0 Å². The van der Waals surface area contributed by atoms with E-state index in [0.29, 0.717) is 10.9 Å². The zero-order valence-electron chi connectivity index (χ0n) is 12.7. The highest BCUT2D eigenvalue weighted by molar-refractivity contribution is 7.90. The van der Waals surface area contributed by atoms with Crippen LogP contribution in [0.25, 0.3) is 10.9 Å². The molecule has 0 spiro atoms. The Balaban J connectivity index is 2.33. The quantitative estimate of drug-likeness (QED) is 0.693. The predicted octanol–water partition coefficient (Wildman–Crippen LogP) is 2.97. The molecule has 6 heteroatoms. The number of hydrogen-bond acceptors (Lipinski definition) is 4. The van der Waals surface area contributed by atoms with Gasteiger partial charge < -0.3 is 4.74 Å². The Labute approximate surface area is 134 Å². The molecule has 0 atom stereocenters. The molecule has 0 bridgehead atoms. The van der Waals surface area contributed by atoms with Gasteiger partial charge in [0, 0.05) is 5.39 Å². The number of esters is 1. The minimum absolute atomic E-state index is 0.0192. The number of para-hydroxylation sites is 1. The molecule has 0 unspecified atom stereocenters. The molecule has 0 saturated heterocycles. The van der Waals surface area contributed by atoms with Crippen molar-refractivity contribution in [2.45, 2.75) is 11.8 Å². The van der Waals surface area contributed by atoms with Crippen LogP contribution in [0.2, 0.25) is 0 Å². The lowest BCUT2D eigenvalue weighted by Crippen LogP contribution is -2.19. The van der Waals surface area contributed by atoms with E-state index in [-0.39, 0.29) is 10.6 Å². The summed E-state index contributed by atoms with van der Waals surface area (Å²) in [5, 5.41) is 0.656. The molecule has 0 aliphatic heterocycles. The molecule has 0 N–H and O–H groups in total. The second-order valence-electron chi connectivity index (χ2n) is 5.16. The zero-order valence-corrected chi connectivity index (χ0v) is 13.5. The standard InChI is InChI=1S/C17H15NO4S/c1-12-7-9-14(10-8-12)23(20,21)18-15-6-4-3-5-13(15)11-16(18)17(19)22-2/h3-11H,1-2H3. The lowest BCUT2D eigenvalue weighted by molar-refractivity contribution is 0.0593. The van der Waals surface area contributed by atoms with Crippen molar-refractivity contribution in [3.8, 4) is 0 Å². The van der Waals surface area contributed by atoms with Crippen LogP contribution in [0.15, 0.2) is 59.5 Å². The molecule has 118 valence electrons. The number of carbonyl (C=O) groups is 1. The van der Waals surface area contributed by atoms with Crippen LogP contribution in [-0.2, 0) is 14.8 Å². The number of aromatic nitrogens is 1. The molecule has 2 aromatic carbocycles. The first-order valence-corrected chi connectivity index (χ1v) is 8.40. The van der Waals surface area contributed by atoms with Gasteiger partial charge in [-0.1, -0.05) is 35.9 Å².